The van der Waals surface area contributed by atoms with Crippen LogP contribution in [-0.4, -0.2) is 32.2 Å². The van der Waals surface area contributed by atoms with E-state index >= 15 is 0 Å². The Labute approximate surface area is 169 Å². The van der Waals surface area contributed by atoms with E-state index in [0.29, 0.717) is 28.7 Å². The number of amides is 1. The van der Waals surface area contributed by atoms with Gasteiger partial charge in [0.2, 0.25) is 11.8 Å². The molecule has 0 unspecified atom stereocenters. The molecule has 1 amide bonds. The molecule has 1 N–H and O–H groups in total. The SMILES string of the molecule is COc1ccc(-c2nc(CS(=O)(=O)CC(=O)NCc3ccccc3)c(C)o2)cc1. The maximum Gasteiger partial charge on any atom is 0.235 e. The van der Waals surface area contributed by atoms with Crippen molar-refractivity contribution in [2.24, 2.45) is 0 Å². The first-order chi connectivity index (χ1) is 13.9. The van der Waals surface area contributed by atoms with Crippen LogP contribution >= 0.6 is 0 Å². The highest BCUT2D eigenvalue weighted by atomic mass is 32.2. The third kappa shape index (κ3) is 5.68. The number of aromatic nitrogens is 1. The van der Waals surface area contributed by atoms with Gasteiger partial charge >= 0.3 is 0 Å². The Morgan fingerprint density at radius 2 is 1.79 bits per heavy atom. The zero-order valence-electron chi connectivity index (χ0n) is 16.2. The fraction of sp³-hybridized carbons (Fsp3) is 0.238. The summed E-state index contributed by atoms with van der Waals surface area (Å²) in [5.74, 6) is -0.0963. The second-order valence-electron chi connectivity index (χ2n) is 6.54. The molecule has 0 fully saturated rings. The lowest BCUT2D eigenvalue weighted by atomic mass is 10.2. The summed E-state index contributed by atoms with van der Waals surface area (Å²) in [7, 11) is -2.12. The van der Waals surface area contributed by atoms with E-state index in [2.05, 4.69) is 10.3 Å². The van der Waals surface area contributed by atoms with Crippen LogP contribution in [0.5, 0.6) is 5.75 Å². The number of ether oxygens (including phenoxy) is 1. The van der Waals surface area contributed by atoms with Crippen molar-refractivity contribution in [3.05, 3.63) is 71.6 Å². The summed E-state index contributed by atoms with van der Waals surface area (Å²) in [6.45, 7) is 1.93. The summed E-state index contributed by atoms with van der Waals surface area (Å²) in [4.78, 5) is 16.4. The van der Waals surface area contributed by atoms with Gasteiger partial charge in [0.05, 0.1) is 18.6 Å². The van der Waals surface area contributed by atoms with E-state index in [9.17, 15) is 13.2 Å². The van der Waals surface area contributed by atoms with Gasteiger partial charge in [-0.15, -0.1) is 0 Å². The normalized spacial score (nSPS) is 11.2. The van der Waals surface area contributed by atoms with Gasteiger partial charge in [0.1, 0.15) is 17.3 Å². The van der Waals surface area contributed by atoms with E-state index in [1.54, 1.807) is 38.3 Å². The minimum Gasteiger partial charge on any atom is -0.497 e. The van der Waals surface area contributed by atoms with Crippen LogP contribution in [-0.2, 0) is 26.9 Å². The quantitative estimate of drug-likeness (QED) is 0.609. The summed E-state index contributed by atoms with van der Waals surface area (Å²) in [6, 6.07) is 16.4. The first kappa shape index (κ1) is 20.6. The maximum atomic E-state index is 12.4. The summed E-state index contributed by atoms with van der Waals surface area (Å²) >= 11 is 0. The topological polar surface area (TPSA) is 98.5 Å². The van der Waals surface area contributed by atoms with Gasteiger partial charge in [0.15, 0.2) is 9.84 Å². The van der Waals surface area contributed by atoms with Gasteiger partial charge in [-0.2, -0.15) is 0 Å². The monoisotopic (exact) mass is 414 g/mol. The number of carbonyl (C=O) groups is 1. The standard InChI is InChI=1S/C21H22N2O5S/c1-15-19(23-21(28-15)17-8-10-18(27-2)11-9-17)13-29(25,26)14-20(24)22-12-16-6-4-3-5-7-16/h3-11H,12-14H2,1-2H3,(H,22,24). The number of oxazole rings is 1. The van der Waals surface area contributed by atoms with Gasteiger partial charge in [-0.05, 0) is 36.8 Å². The average Bonchev–Trinajstić information content (AvgIpc) is 3.06. The van der Waals surface area contributed by atoms with Crippen LogP contribution in [0, 0.1) is 6.92 Å². The molecule has 2 aromatic carbocycles. The molecular formula is C21H22N2O5S. The summed E-state index contributed by atoms with van der Waals surface area (Å²) in [6.07, 6.45) is 0. The Morgan fingerprint density at radius 3 is 2.45 bits per heavy atom. The minimum atomic E-state index is -3.69. The third-order valence-corrected chi connectivity index (χ3v) is 5.69. The molecule has 0 aliphatic rings. The van der Waals surface area contributed by atoms with Gasteiger partial charge in [0, 0.05) is 12.1 Å². The number of hydrogen-bond donors (Lipinski definition) is 1. The van der Waals surface area contributed by atoms with E-state index in [4.69, 9.17) is 9.15 Å². The van der Waals surface area contributed by atoms with Gasteiger partial charge in [-0.25, -0.2) is 13.4 Å². The van der Waals surface area contributed by atoms with Crippen molar-refractivity contribution in [2.75, 3.05) is 12.9 Å². The minimum absolute atomic E-state index is 0.278. The molecular weight excluding hydrogens is 392 g/mol. The van der Waals surface area contributed by atoms with Crippen LogP contribution in [0.25, 0.3) is 11.5 Å². The number of carbonyl (C=O) groups excluding carboxylic acids is 1. The van der Waals surface area contributed by atoms with E-state index in [1.807, 2.05) is 30.3 Å². The van der Waals surface area contributed by atoms with Crippen molar-refractivity contribution in [1.29, 1.82) is 0 Å². The lowest BCUT2D eigenvalue weighted by molar-refractivity contribution is -0.118. The Kier molecular flexibility index (Phi) is 6.33. The van der Waals surface area contributed by atoms with Crippen molar-refractivity contribution in [3.63, 3.8) is 0 Å². The van der Waals surface area contributed by atoms with Gasteiger partial charge in [0.25, 0.3) is 0 Å². The fourth-order valence-electron chi connectivity index (χ4n) is 2.73. The van der Waals surface area contributed by atoms with E-state index < -0.39 is 21.5 Å². The molecule has 3 aromatic rings. The molecule has 152 valence electrons. The highest BCUT2D eigenvalue weighted by Gasteiger charge is 2.22. The summed E-state index contributed by atoms with van der Waals surface area (Å²) in [5, 5.41) is 2.62. The molecule has 0 aliphatic carbocycles. The number of nitrogens with one attached hydrogen (secondary N) is 1. The molecule has 8 heteroatoms. The molecule has 0 saturated carbocycles. The molecule has 0 saturated heterocycles. The number of sulfone groups is 1. The van der Waals surface area contributed by atoms with Gasteiger partial charge < -0.3 is 14.5 Å². The molecule has 0 radical (unpaired) electrons. The second-order valence-corrected chi connectivity index (χ2v) is 8.61. The number of benzene rings is 2. The molecule has 0 aliphatic heterocycles. The Balaban J connectivity index is 1.63. The number of hydrogen-bond acceptors (Lipinski definition) is 6. The van der Waals surface area contributed by atoms with Crippen molar-refractivity contribution in [1.82, 2.24) is 10.3 Å². The Hall–Kier alpha value is -3.13. The van der Waals surface area contributed by atoms with Gasteiger partial charge in [-0.1, -0.05) is 30.3 Å². The average molecular weight is 414 g/mol. The van der Waals surface area contributed by atoms with Crippen molar-refractivity contribution < 1.29 is 22.4 Å². The number of methoxy groups -OCH3 is 1. The fourth-order valence-corrected chi connectivity index (χ4v) is 4.01. The molecule has 1 aromatic heterocycles. The first-order valence-corrected chi connectivity index (χ1v) is 10.8. The van der Waals surface area contributed by atoms with E-state index in [-0.39, 0.29) is 12.3 Å². The smallest absolute Gasteiger partial charge is 0.235 e. The van der Waals surface area contributed by atoms with Gasteiger partial charge in [-0.3, -0.25) is 4.79 Å². The largest absolute Gasteiger partial charge is 0.497 e. The lowest BCUT2D eigenvalue weighted by Crippen LogP contribution is -2.30. The molecule has 7 nitrogen and oxygen atoms in total. The highest BCUT2D eigenvalue weighted by Crippen LogP contribution is 2.25. The molecule has 0 bridgehead atoms. The predicted octanol–water partition coefficient (Wildman–Crippen LogP) is 2.89. The molecule has 1 heterocycles. The second kappa shape index (κ2) is 8.91. The third-order valence-electron chi connectivity index (χ3n) is 4.27. The molecule has 0 atom stereocenters. The maximum absolute atomic E-state index is 12.4. The van der Waals surface area contributed by atoms with Crippen molar-refractivity contribution >= 4 is 15.7 Å². The van der Waals surface area contributed by atoms with E-state index in [0.717, 1.165) is 5.56 Å². The lowest BCUT2D eigenvalue weighted by Gasteiger charge is -2.06. The van der Waals surface area contributed by atoms with Crippen molar-refractivity contribution in [3.8, 4) is 17.2 Å². The van der Waals surface area contributed by atoms with Crippen LogP contribution in [0.4, 0.5) is 0 Å². The van der Waals surface area contributed by atoms with Crippen LogP contribution < -0.4 is 10.1 Å². The van der Waals surface area contributed by atoms with Crippen LogP contribution in [0.2, 0.25) is 0 Å². The number of nitrogens with zero attached hydrogens (tertiary/aromatic N) is 1. The molecule has 29 heavy (non-hydrogen) atoms. The highest BCUT2D eigenvalue weighted by molar-refractivity contribution is 7.91. The zero-order valence-corrected chi connectivity index (χ0v) is 17.0. The van der Waals surface area contributed by atoms with Crippen LogP contribution in [0.3, 0.4) is 0 Å². The Bertz CT molecular complexity index is 1070. The summed E-state index contributed by atoms with van der Waals surface area (Å²) < 4.78 is 35.6. The molecule has 0 spiro atoms. The van der Waals surface area contributed by atoms with E-state index in [1.165, 1.54) is 0 Å². The van der Waals surface area contributed by atoms with Crippen LogP contribution in [0.15, 0.2) is 59.0 Å². The number of rotatable bonds is 8. The predicted molar refractivity (Wildman–Crippen MR) is 109 cm³/mol. The number of aryl methyl sites for hydroxylation is 1. The first-order valence-electron chi connectivity index (χ1n) is 8.98. The van der Waals surface area contributed by atoms with Crippen LogP contribution in [0.1, 0.15) is 17.0 Å². The van der Waals surface area contributed by atoms with Crippen molar-refractivity contribution in [2.45, 2.75) is 19.2 Å². The summed E-state index contributed by atoms with van der Waals surface area (Å²) in [5.41, 5.74) is 1.90. The zero-order chi connectivity index (χ0) is 20.9. The molecule has 3 rings (SSSR count). The Morgan fingerprint density at radius 1 is 1.10 bits per heavy atom.